The largest absolute Gasteiger partial charge is 0.396 e. The number of likely N-dealkylation sites (N-methyl/N-ethyl adjacent to an activating group) is 1. The van der Waals surface area contributed by atoms with Crippen LogP contribution in [0.25, 0.3) is 0 Å². The van der Waals surface area contributed by atoms with Gasteiger partial charge in [0.05, 0.1) is 13.0 Å². The maximum Gasteiger partial charge on any atom is 0.227 e. The first kappa shape index (κ1) is 18.8. The van der Waals surface area contributed by atoms with Gasteiger partial charge in [0.25, 0.3) is 0 Å². The van der Waals surface area contributed by atoms with Crippen molar-refractivity contribution in [3.63, 3.8) is 0 Å². The highest BCUT2D eigenvalue weighted by molar-refractivity contribution is 5.79. The Morgan fingerprint density at radius 3 is 2.67 bits per heavy atom. The van der Waals surface area contributed by atoms with E-state index in [0.717, 1.165) is 18.2 Å². The molecule has 0 bridgehead atoms. The van der Waals surface area contributed by atoms with Crippen molar-refractivity contribution in [2.24, 2.45) is 11.8 Å². The van der Waals surface area contributed by atoms with Gasteiger partial charge in [-0.3, -0.25) is 4.79 Å². The summed E-state index contributed by atoms with van der Waals surface area (Å²) in [6, 6.07) is 3.08. The summed E-state index contributed by atoms with van der Waals surface area (Å²) < 4.78 is 26.9. The SMILES string of the molecule is CN(CCO)C[C@@H]1CN(C(=O)Cc2cc(F)ccc2F)C[C@@H]1CO. The summed E-state index contributed by atoms with van der Waals surface area (Å²) >= 11 is 0. The average molecular weight is 342 g/mol. The third kappa shape index (κ3) is 4.72. The Kier molecular flexibility index (Phi) is 6.65. The van der Waals surface area contributed by atoms with E-state index >= 15 is 0 Å². The molecule has 0 aliphatic carbocycles. The number of amides is 1. The van der Waals surface area contributed by atoms with E-state index < -0.39 is 11.6 Å². The molecule has 2 rings (SSSR count). The molecule has 134 valence electrons. The third-order valence-electron chi connectivity index (χ3n) is 4.54. The van der Waals surface area contributed by atoms with Gasteiger partial charge in [-0.15, -0.1) is 0 Å². The number of aliphatic hydroxyl groups excluding tert-OH is 2. The van der Waals surface area contributed by atoms with Crippen LogP contribution in [0.4, 0.5) is 8.78 Å². The molecule has 1 saturated heterocycles. The molecule has 1 heterocycles. The van der Waals surface area contributed by atoms with Crippen molar-refractivity contribution in [3.8, 4) is 0 Å². The zero-order chi connectivity index (χ0) is 17.7. The van der Waals surface area contributed by atoms with Gasteiger partial charge in [0, 0.05) is 44.3 Å². The first-order valence-corrected chi connectivity index (χ1v) is 8.06. The second-order valence-corrected chi connectivity index (χ2v) is 6.40. The van der Waals surface area contributed by atoms with E-state index in [9.17, 15) is 18.7 Å². The number of benzene rings is 1. The van der Waals surface area contributed by atoms with Crippen molar-refractivity contribution < 1.29 is 23.8 Å². The van der Waals surface area contributed by atoms with E-state index in [-0.39, 0.29) is 42.9 Å². The molecule has 2 atom stereocenters. The van der Waals surface area contributed by atoms with Crippen LogP contribution in [0.15, 0.2) is 18.2 Å². The lowest BCUT2D eigenvalue weighted by Crippen LogP contribution is -2.34. The second-order valence-electron chi connectivity index (χ2n) is 6.40. The Morgan fingerprint density at radius 1 is 1.29 bits per heavy atom. The van der Waals surface area contributed by atoms with Crippen LogP contribution in [-0.4, -0.2) is 72.4 Å². The lowest BCUT2D eigenvalue weighted by molar-refractivity contribution is -0.129. The number of aliphatic hydroxyl groups is 2. The highest BCUT2D eigenvalue weighted by atomic mass is 19.1. The van der Waals surface area contributed by atoms with Crippen LogP contribution < -0.4 is 0 Å². The van der Waals surface area contributed by atoms with Gasteiger partial charge < -0.3 is 20.0 Å². The maximum atomic E-state index is 13.7. The Morgan fingerprint density at radius 2 is 2.00 bits per heavy atom. The quantitative estimate of drug-likeness (QED) is 0.757. The smallest absolute Gasteiger partial charge is 0.227 e. The minimum Gasteiger partial charge on any atom is -0.396 e. The molecule has 1 aromatic carbocycles. The van der Waals surface area contributed by atoms with Crippen LogP contribution in [0.5, 0.6) is 0 Å². The molecule has 5 nitrogen and oxygen atoms in total. The van der Waals surface area contributed by atoms with Crippen LogP contribution in [0.1, 0.15) is 5.56 Å². The monoisotopic (exact) mass is 342 g/mol. The summed E-state index contributed by atoms with van der Waals surface area (Å²) in [5.74, 6) is -1.40. The number of carbonyl (C=O) groups excluding carboxylic acids is 1. The molecule has 0 radical (unpaired) electrons. The first-order valence-electron chi connectivity index (χ1n) is 8.06. The van der Waals surface area contributed by atoms with Crippen LogP contribution >= 0.6 is 0 Å². The molecule has 1 amide bonds. The molecular formula is C17H24F2N2O3. The summed E-state index contributed by atoms with van der Waals surface area (Å²) in [5.41, 5.74) is 0.0430. The first-order chi connectivity index (χ1) is 11.4. The zero-order valence-corrected chi connectivity index (χ0v) is 13.8. The number of hydrogen-bond acceptors (Lipinski definition) is 4. The van der Waals surface area contributed by atoms with Gasteiger partial charge in [-0.25, -0.2) is 8.78 Å². The van der Waals surface area contributed by atoms with E-state index in [0.29, 0.717) is 26.2 Å². The van der Waals surface area contributed by atoms with E-state index in [1.807, 2.05) is 11.9 Å². The van der Waals surface area contributed by atoms with Gasteiger partial charge in [0.1, 0.15) is 11.6 Å². The van der Waals surface area contributed by atoms with Crippen molar-refractivity contribution >= 4 is 5.91 Å². The van der Waals surface area contributed by atoms with Gasteiger partial charge in [-0.2, -0.15) is 0 Å². The number of carbonyl (C=O) groups is 1. The van der Waals surface area contributed by atoms with Crippen molar-refractivity contribution in [2.75, 3.05) is 46.4 Å². The summed E-state index contributed by atoms with van der Waals surface area (Å²) in [6.07, 6.45) is -0.194. The van der Waals surface area contributed by atoms with Crippen molar-refractivity contribution in [2.45, 2.75) is 6.42 Å². The van der Waals surface area contributed by atoms with E-state index in [4.69, 9.17) is 5.11 Å². The van der Waals surface area contributed by atoms with E-state index in [1.54, 1.807) is 4.90 Å². The summed E-state index contributed by atoms with van der Waals surface area (Å²) in [4.78, 5) is 16.0. The Bertz CT molecular complexity index is 571. The minimum atomic E-state index is -0.595. The topological polar surface area (TPSA) is 64.0 Å². The summed E-state index contributed by atoms with van der Waals surface area (Å²) in [6.45, 7) is 2.08. The molecule has 1 aromatic rings. The highest BCUT2D eigenvalue weighted by Crippen LogP contribution is 2.25. The molecule has 0 spiro atoms. The molecular weight excluding hydrogens is 318 g/mol. The standard InChI is InChI=1S/C17H24F2N2O3/c1-20(4-5-22)8-13-9-21(10-14(13)11-23)17(24)7-12-6-15(18)2-3-16(12)19/h2-3,6,13-14,22-23H,4-5,7-11H2,1H3/t13-,14-/m1/s1. The Hall–Kier alpha value is -1.57. The van der Waals surface area contributed by atoms with Gasteiger partial charge in [0.2, 0.25) is 5.91 Å². The lowest BCUT2D eigenvalue weighted by atomic mass is 9.96. The van der Waals surface area contributed by atoms with Gasteiger partial charge in [-0.1, -0.05) is 0 Å². The van der Waals surface area contributed by atoms with Gasteiger partial charge in [-0.05, 0) is 31.2 Å². The lowest BCUT2D eigenvalue weighted by Gasteiger charge is -2.23. The molecule has 7 heteroatoms. The maximum absolute atomic E-state index is 13.7. The number of nitrogens with zero attached hydrogens (tertiary/aromatic N) is 2. The highest BCUT2D eigenvalue weighted by Gasteiger charge is 2.35. The fourth-order valence-electron chi connectivity index (χ4n) is 3.17. The molecule has 0 saturated carbocycles. The Balaban J connectivity index is 1.99. The van der Waals surface area contributed by atoms with Crippen molar-refractivity contribution in [3.05, 3.63) is 35.4 Å². The summed E-state index contributed by atoms with van der Waals surface area (Å²) in [5, 5.41) is 18.5. The number of halogens is 2. The molecule has 2 N–H and O–H groups in total. The normalized spacial score (nSPS) is 20.8. The fourth-order valence-corrected chi connectivity index (χ4v) is 3.17. The number of likely N-dealkylation sites (tertiary alicyclic amines) is 1. The van der Waals surface area contributed by atoms with Crippen LogP contribution in [0.3, 0.4) is 0 Å². The number of rotatable bonds is 7. The van der Waals surface area contributed by atoms with Crippen LogP contribution in [0.2, 0.25) is 0 Å². The van der Waals surface area contributed by atoms with Gasteiger partial charge in [0.15, 0.2) is 0 Å². The second kappa shape index (κ2) is 8.50. The van der Waals surface area contributed by atoms with Gasteiger partial charge >= 0.3 is 0 Å². The molecule has 1 fully saturated rings. The van der Waals surface area contributed by atoms with E-state index in [2.05, 4.69) is 0 Å². The van der Waals surface area contributed by atoms with Crippen LogP contribution in [-0.2, 0) is 11.2 Å². The van der Waals surface area contributed by atoms with Crippen molar-refractivity contribution in [1.82, 2.24) is 9.80 Å². The zero-order valence-electron chi connectivity index (χ0n) is 13.8. The van der Waals surface area contributed by atoms with Crippen LogP contribution in [0, 0.1) is 23.5 Å². The predicted molar refractivity (Wildman–Crippen MR) is 85.3 cm³/mol. The molecule has 1 aliphatic rings. The summed E-state index contributed by atoms with van der Waals surface area (Å²) in [7, 11) is 1.87. The molecule has 1 aliphatic heterocycles. The molecule has 0 unspecified atom stereocenters. The fraction of sp³-hybridized carbons (Fsp3) is 0.588. The minimum absolute atomic E-state index is 0.0320. The molecule has 24 heavy (non-hydrogen) atoms. The Labute approximate surface area is 140 Å². The third-order valence-corrected chi connectivity index (χ3v) is 4.54. The average Bonchev–Trinajstić information content (AvgIpc) is 2.94. The van der Waals surface area contributed by atoms with Crippen molar-refractivity contribution in [1.29, 1.82) is 0 Å². The number of hydrogen-bond donors (Lipinski definition) is 2. The molecule has 0 aromatic heterocycles. The predicted octanol–water partition coefficient (Wildman–Crippen LogP) is 0.498. The van der Waals surface area contributed by atoms with E-state index in [1.165, 1.54) is 0 Å².